The van der Waals surface area contributed by atoms with Crippen LogP contribution in [0.25, 0.3) is 0 Å². The van der Waals surface area contributed by atoms with Crippen LogP contribution in [-0.2, 0) is 14.3 Å². The van der Waals surface area contributed by atoms with E-state index in [-0.39, 0.29) is 24.2 Å². The number of aliphatic imine (C=N–C) groups is 1. The lowest BCUT2D eigenvalue weighted by molar-refractivity contribution is -0.136. The van der Waals surface area contributed by atoms with Gasteiger partial charge in [-0.05, 0) is 59.1 Å². The molecule has 6 heteroatoms. The van der Waals surface area contributed by atoms with Gasteiger partial charge in [-0.1, -0.05) is 55.5 Å². The Hall–Kier alpha value is -3.67. The first-order chi connectivity index (χ1) is 17.5. The van der Waals surface area contributed by atoms with Gasteiger partial charge < -0.3 is 14.7 Å². The zero-order valence-corrected chi connectivity index (χ0v) is 20.7. The number of nitrogens with zero attached hydrogens (tertiary/aromatic N) is 2. The van der Waals surface area contributed by atoms with Gasteiger partial charge in [-0.25, -0.2) is 4.99 Å². The molecule has 0 saturated carbocycles. The van der Waals surface area contributed by atoms with E-state index >= 15 is 0 Å². The Kier molecular flexibility index (Phi) is 7.03. The molecule has 2 atom stereocenters. The van der Waals surface area contributed by atoms with Crippen molar-refractivity contribution >= 4 is 17.8 Å². The summed E-state index contributed by atoms with van der Waals surface area (Å²) in [5.74, 6) is 0.174. The second-order valence-electron chi connectivity index (χ2n) is 9.97. The summed E-state index contributed by atoms with van der Waals surface area (Å²) in [5.41, 5.74) is 6.09. The SMILES string of the molecule is CC1CC2=NC=C1C(CC(=O)O)=C1C=CC3=CCN(CC3C1)C(=O)C1=CC=C(C=CC=CCO2)CC1. The summed E-state index contributed by atoms with van der Waals surface area (Å²) in [4.78, 5) is 31.6. The zero-order valence-electron chi connectivity index (χ0n) is 20.7. The van der Waals surface area contributed by atoms with E-state index in [1.165, 1.54) is 11.1 Å². The number of allylic oxidation sites excluding steroid dienone is 10. The standard InChI is InChI=1S/C30H32N2O4/c1-20-15-28-31-18-27(20)26(17-29(33)34)24-11-10-22-12-13-32(19-25(22)16-24)30(35)23-8-6-21(7-9-23)5-3-2-4-14-36-28/h2-6,8,10-12,18,20,25H,7,9,13-17,19H2,1H3,(H,33,34). The van der Waals surface area contributed by atoms with E-state index in [1.54, 1.807) is 6.20 Å². The highest BCUT2D eigenvalue weighted by atomic mass is 16.5. The van der Waals surface area contributed by atoms with Crippen molar-refractivity contribution in [2.45, 2.75) is 39.0 Å². The monoisotopic (exact) mass is 484 g/mol. The summed E-state index contributed by atoms with van der Waals surface area (Å²) in [7, 11) is 0. The van der Waals surface area contributed by atoms with Crippen LogP contribution in [-0.4, -0.2) is 47.5 Å². The summed E-state index contributed by atoms with van der Waals surface area (Å²) in [5, 5.41) is 9.71. The van der Waals surface area contributed by atoms with E-state index in [4.69, 9.17) is 4.74 Å². The van der Waals surface area contributed by atoms with Gasteiger partial charge in [-0.15, -0.1) is 0 Å². The maximum atomic E-state index is 13.3. The van der Waals surface area contributed by atoms with Crippen LogP contribution in [0, 0.1) is 11.8 Å². The maximum absolute atomic E-state index is 13.3. The molecule has 8 rings (SSSR count). The van der Waals surface area contributed by atoms with Gasteiger partial charge in [0.05, 0.1) is 6.42 Å². The smallest absolute Gasteiger partial charge is 0.307 e. The van der Waals surface area contributed by atoms with Crippen molar-refractivity contribution in [2.75, 3.05) is 19.7 Å². The molecule has 0 aromatic rings. The fourth-order valence-corrected chi connectivity index (χ4v) is 5.48. The van der Waals surface area contributed by atoms with Crippen molar-refractivity contribution in [2.24, 2.45) is 16.8 Å². The number of hydrogen-bond donors (Lipinski definition) is 1. The van der Waals surface area contributed by atoms with E-state index in [9.17, 15) is 14.7 Å². The van der Waals surface area contributed by atoms with Gasteiger partial charge in [-0.3, -0.25) is 9.59 Å². The Balaban J connectivity index is 1.53. The molecule has 0 spiro atoms. The zero-order chi connectivity index (χ0) is 25.1. The van der Waals surface area contributed by atoms with Crippen molar-refractivity contribution in [1.82, 2.24) is 4.90 Å². The molecule has 6 nitrogen and oxygen atoms in total. The molecule has 186 valence electrons. The van der Waals surface area contributed by atoms with Gasteiger partial charge in [0.2, 0.25) is 5.91 Å². The number of ether oxygens (including phenoxy) is 1. The van der Waals surface area contributed by atoms with Crippen molar-refractivity contribution in [3.63, 3.8) is 0 Å². The van der Waals surface area contributed by atoms with E-state index in [0.29, 0.717) is 38.4 Å². The molecule has 2 aliphatic carbocycles. The quantitative estimate of drug-likeness (QED) is 0.583. The molecule has 2 unspecified atom stereocenters. The fraction of sp³-hybridized carbons (Fsp3) is 0.367. The van der Waals surface area contributed by atoms with E-state index in [1.807, 2.05) is 35.3 Å². The Labute approximate surface area is 212 Å². The molecule has 0 aromatic carbocycles. The molecule has 8 aliphatic rings. The van der Waals surface area contributed by atoms with Gasteiger partial charge >= 0.3 is 5.97 Å². The van der Waals surface area contributed by atoms with Crippen LogP contribution >= 0.6 is 0 Å². The highest BCUT2D eigenvalue weighted by Crippen LogP contribution is 2.38. The average Bonchev–Trinajstić information content (AvgIpc) is 2.88. The summed E-state index contributed by atoms with van der Waals surface area (Å²) < 4.78 is 5.87. The molecule has 0 radical (unpaired) electrons. The number of carboxylic acids is 1. The summed E-state index contributed by atoms with van der Waals surface area (Å²) in [6, 6.07) is 0. The fourth-order valence-electron chi connectivity index (χ4n) is 5.48. The van der Waals surface area contributed by atoms with Crippen molar-refractivity contribution in [3.8, 4) is 0 Å². The molecule has 1 N–H and O–H groups in total. The topological polar surface area (TPSA) is 79.2 Å². The predicted molar refractivity (Wildman–Crippen MR) is 140 cm³/mol. The van der Waals surface area contributed by atoms with Crippen LogP contribution in [0.15, 0.2) is 99.3 Å². The first kappa shape index (κ1) is 24.0. The molecule has 0 fully saturated rings. The van der Waals surface area contributed by atoms with E-state index in [2.05, 4.69) is 36.2 Å². The normalized spacial score (nSPS) is 26.1. The van der Waals surface area contributed by atoms with Gasteiger partial charge in [0.25, 0.3) is 0 Å². The number of rotatable bonds is 2. The summed E-state index contributed by atoms with van der Waals surface area (Å²) >= 11 is 0. The third-order valence-electron chi connectivity index (χ3n) is 7.47. The third-order valence-corrected chi connectivity index (χ3v) is 7.47. The highest BCUT2D eigenvalue weighted by Gasteiger charge is 2.31. The molecular formula is C30H32N2O4. The number of amides is 1. The van der Waals surface area contributed by atoms with E-state index < -0.39 is 5.97 Å². The second kappa shape index (κ2) is 10.5. The minimum absolute atomic E-state index is 0.0490. The van der Waals surface area contributed by atoms with Gasteiger partial charge in [0.1, 0.15) is 6.61 Å². The lowest BCUT2D eigenvalue weighted by atomic mass is 9.78. The van der Waals surface area contributed by atoms with E-state index in [0.717, 1.165) is 35.1 Å². The molecule has 6 heterocycles. The summed E-state index contributed by atoms with van der Waals surface area (Å²) in [6.07, 6.45) is 22.9. The predicted octanol–water partition coefficient (Wildman–Crippen LogP) is 5.21. The molecule has 0 saturated heterocycles. The Morgan fingerprint density at radius 1 is 1.17 bits per heavy atom. The molecule has 7 bridgehead atoms. The number of hydrogen-bond acceptors (Lipinski definition) is 4. The largest absolute Gasteiger partial charge is 0.481 e. The van der Waals surface area contributed by atoms with Crippen LogP contribution < -0.4 is 0 Å². The Morgan fingerprint density at radius 3 is 2.83 bits per heavy atom. The van der Waals surface area contributed by atoms with Crippen molar-refractivity contribution in [3.05, 3.63) is 94.3 Å². The lowest BCUT2D eigenvalue weighted by Crippen LogP contribution is -2.40. The minimum Gasteiger partial charge on any atom is -0.481 e. The van der Waals surface area contributed by atoms with Gasteiger partial charge in [0, 0.05) is 37.2 Å². The number of carbonyl (C=O) groups is 2. The first-order valence-corrected chi connectivity index (χ1v) is 12.7. The van der Waals surface area contributed by atoms with Crippen LogP contribution in [0.5, 0.6) is 0 Å². The van der Waals surface area contributed by atoms with Crippen LogP contribution in [0.1, 0.15) is 39.0 Å². The third kappa shape index (κ3) is 5.27. The molecule has 36 heavy (non-hydrogen) atoms. The number of carboxylic acid groups (broad SMARTS) is 1. The summed E-state index contributed by atoms with van der Waals surface area (Å²) in [6.45, 7) is 3.77. The lowest BCUT2D eigenvalue weighted by Gasteiger charge is -2.36. The molecule has 0 aromatic heterocycles. The molecule has 1 amide bonds. The average molecular weight is 485 g/mol. The van der Waals surface area contributed by atoms with Crippen LogP contribution in [0.4, 0.5) is 0 Å². The molecular weight excluding hydrogens is 452 g/mol. The van der Waals surface area contributed by atoms with Gasteiger partial charge in [0.15, 0.2) is 5.90 Å². The van der Waals surface area contributed by atoms with Gasteiger partial charge in [-0.2, -0.15) is 0 Å². The van der Waals surface area contributed by atoms with Crippen LogP contribution in [0.3, 0.4) is 0 Å². The maximum Gasteiger partial charge on any atom is 0.307 e. The van der Waals surface area contributed by atoms with Crippen molar-refractivity contribution < 1.29 is 19.4 Å². The second-order valence-corrected chi connectivity index (χ2v) is 9.97. The van der Waals surface area contributed by atoms with Crippen LogP contribution in [0.2, 0.25) is 0 Å². The Bertz CT molecular complexity index is 1240. The number of carbonyl (C=O) groups excluding carboxylic acids is 1. The van der Waals surface area contributed by atoms with Crippen molar-refractivity contribution in [1.29, 1.82) is 0 Å². The first-order valence-electron chi connectivity index (χ1n) is 12.7. The highest BCUT2D eigenvalue weighted by molar-refractivity contribution is 5.94. The minimum atomic E-state index is -0.854. The molecule has 6 aliphatic heterocycles. The Morgan fingerprint density at radius 2 is 2.06 bits per heavy atom. The number of aliphatic carboxylic acids is 1.